The van der Waals surface area contributed by atoms with Crippen molar-refractivity contribution in [2.45, 2.75) is 30.8 Å². The zero-order valence-corrected chi connectivity index (χ0v) is 19.8. The first-order valence-electron chi connectivity index (χ1n) is 11.0. The zero-order valence-electron chi connectivity index (χ0n) is 18.2. The van der Waals surface area contributed by atoms with E-state index in [2.05, 4.69) is 22.0 Å². The van der Waals surface area contributed by atoms with Gasteiger partial charge >= 0.3 is 0 Å². The largest absolute Gasteiger partial charge is 0.497 e. The standard InChI is InChI=1S/C23H27N5O2S2/c1-30-16-8-6-15(7-9-16)27-10-12-28(13-11-27)19(29)14-31-23-25-21(24)20-17-4-2-3-5-18(17)32-22(20)26-23/h6-9H,2-5,10-14H2,1H3,(H2,24,25,26). The number of benzene rings is 1. The number of nitrogen functional groups attached to an aromatic ring is 1. The summed E-state index contributed by atoms with van der Waals surface area (Å²) >= 11 is 3.12. The molecule has 0 radical (unpaired) electrons. The number of carbonyl (C=O) groups is 1. The summed E-state index contributed by atoms with van der Waals surface area (Å²) in [6, 6.07) is 8.06. The van der Waals surface area contributed by atoms with Crippen LogP contribution in [0.25, 0.3) is 10.2 Å². The first-order valence-corrected chi connectivity index (χ1v) is 12.8. The van der Waals surface area contributed by atoms with Crippen molar-refractivity contribution in [1.82, 2.24) is 14.9 Å². The molecule has 3 aromatic rings. The molecular formula is C23H27N5O2S2. The molecule has 5 rings (SSSR count). The summed E-state index contributed by atoms with van der Waals surface area (Å²) in [6.07, 6.45) is 4.61. The number of fused-ring (bicyclic) bond motifs is 3. The van der Waals surface area contributed by atoms with Gasteiger partial charge < -0.3 is 20.3 Å². The molecule has 1 amide bonds. The van der Waals surface area contributed by atoms with Gasteiger partial charge in [0, 0.05) is 36.7 Å². The Bertz CT molecular complexity index is 1120. The molecule has 1 aromatic carbocycles. The maximum atomic E-state index is 12.8. The van der Waals surface area contributed by atoms with E-state index < -0.39 is 0 Å². The molecular weight excluding hydrogens is 442 g/mol. The number of amides is 1. The Labute approximate surface area is 196 Å². The summed E-state index contributed by atoms with van der Waals surface area (Å²) in [7, 11) is 1.67. The summed E-state index contributed by atoms with van der Waals surface area (Å²) in [4.78, 5) is 28.6. The Hall–Kier alpha value is -2.52. The van der Waals surface area contributed by atoms with Crippen molar-refractivity contribution in [3.63, 3.8) is 0 Å². The summed E-state index contributed by atoms with van der Waals surface area (Å²) in [5.74, 6) is 1.86. The third-order valence-electron chi connectivity index (χ3n) is 6.22. The number of hydrogen-bond acceptors (Lipinski definition) is 8. The van der Waals surface area contributed by atoms with E-state index >= 15 is 0 Å². The van der Waals surface area contributed by atoms with Crippen LogP contribution < -0.4 is 15.4 Å². The molecule has 32 heavy (non-hydrogen) atoms. The summed E-state index contributed by atoms with van der Waals surface area (Å²) in [6.45, 7) is 3.06. The molecule has 1 fully saturated rings. The van der Waals surface area contributed by atoms with Crippen molar-refractivity contribution in [1.29, 1.82) is 0 Å². The minimum Gasteiger partial charge on any atom is -0.497 e. The third kappa shape index (κ3) is 4.23. The van der Waals surface area contributed by atoms with Crippen LogP contribution in [0.1, 0.15) is 23.3 Å². The number of rotatable bonds is 5. The number of piperazine rings is 1. The molecule has 7 nitrogen and oxygen atoms in total. The van der Waals surface area contributed by atoms with Crippen molar-refractivity contribution in [3.05, 3.63) is 34.7 Å². The highest BCUT2D eigenvalue weighted by Gasteiger charge is 2.23. The average molecular weight is 470 g/mol. The van der Waals surface area contributed by atoms with Gasteiger partial charge in [0.1, 0.15) is 16.4 Å². The second kappa shape index (κ2) is 9.15. The topological polar surface area (TPSA) is 84.6 Å². The van der Waals surface area contributed by atoms with Crippen LogP contribution >= 0.6 is 23.1 Å². The van der Waals surface area contributed by atoms with Gasteiger partial charge in [-0.3, -0.25) is 4.79 Å². The molecule has 0 unspecified atom stereocenters. The van der Waals surface area contributed by atoms with Gasteiger partial charge in [-0.1, -0.05) is 11.8 Å². The number of thioether (sulfide) groups is 1. The highest BCUT2D eigenvalue weighted by atomic mass is 32.2. The number of methoxy groups -OCH3 is 1. The predicted molar refractivity (Wildman–Crippen MR) is 131 cm³/mol. The Morgan fingerprint density at radius 3 is 2.62 bits per heavy atom. The van der Waals surface area contributed by atoms with Crippen LogP contribution in [-0.4, -0.2) is 59.8 Å². The molecule has 2 aromatic heterocycles. The SMILES string of the molecule is COc1ccc(N2CCN(C(=O)CSc3nc(N)c4c5c(sc4n3)CCCC5)CC2)cc1. The zero-order chi connectivity index (χ0) is 22.1. The van der Waals surface area contributed by atoms with Gasteiger partial charge in [0.25, 0.3) is 0 Å². The molecule has 9 heteroatoms. The maximum Gasteiger partial charge on any atom is 0.233 e. The predicted octanol–water partition coefficient (Wildman–Crippen LogP) is 3.60. The van der Waals surface area contributed by atoms with Crippen LogP contribution in [-0.2, 0) is 17.6 Å². The molecule has 3 heterocycles. The number of nitrogens with two attached hydrogens (primary N) is 1. The van der Waals surface area contributed by atoms with Crippen LogP contribution in [0.5, 0.6) is 5.75 Å². The molecule has 1 aliphatic carbocycles. The number of thiophene rings is 1. The van der Waals surface area contributed by atoms with E-state index in [0.29, 0.717) is 29.8 Å². The van der Waals surface area contributed by atoms with Gasteiger partial charge in [-0.25, -0.2) is 9.97 Å². The van der Waals surface area contributed by atoms with Gasteiger partial charge in [-0.05, 0) is 55.5 Å². The maximum absolute atomic E-state index is 12.8. The lowest BCUT2D eigenvalue weighted by atomic mass is 9.97. The molecule has 0 bridgehead atoms. The van der Waals surface area contributed by atoms with Crippen LogP contribution in [0.4, 0.5) is 11.5 Å². The molecule has 0 spiro atoms. The van der Waals surface area contributed by atoms with Crippen molar-refractivity contribution in [2.75, 3.05) is 49.7 Å². The van der Waals surface area contributed by atoms with Gasteiger partial charge in [0.05, 0.1) is 18.2 Å². The third-order valence-corrected chi connectivity index (χ3v) is 8.23. The quantitative estimate of drug-likeness (QED) is 0.451. The van der Waals surface area contributed by atoms with Crippen LogP contribution in [0.2, 0.25) is 0 Å². The number of ether oxygens (including phenoxy) is 1. The van der Waals surface area contributed by atoms with Crippen LogP contribution in [0.3, 0.4) is 0 Å². The second-order valence-electron chi connectivity index (χ2n) is 8.14. The first-order chi connectivity index (χ1) is 15.6. The van der Waals surface area contributed by atoms with Crippen molar-refractivity contribution < 1.29 is 9.53 Å². The highest BCUT2D eigenvalue weighted by Crippen LogP contribution is 2.38. The lowest BCUT2D eigenvalue weighted by Gasteiger charge is -2.36. The molecule has 2 N–H and O–H groups in total. The van der Waals surface area contributed by atoms with E-state index in [1.54, 1.807) is 18.4 Å². The summed E-state index contributed by atoms with van der Waals surface area (Å²) < 4.78 is 5.23. The number of anilines is 2. The molecule has 0 atom stereocenters. The molecule has 2 aliphatic rings. The van der Waals surface area contributed by atoms with Crippen molar-refractivity contribution >= 4 is 50.7 Å². The number of carbonyl (C=O) groups excluding carboxylic acids is 1. The van der Waals surface area contributed by atoms with E-state index in [9.17, 15) is 4.79 Å². The van der Waals surface area contributed by atoms with E-state index in [0.717, 1.165) is 47.6 Å². The molecule has 1 aliphatic heterocycles. The number of aromatic nitrogens is 2. The molecule has 168 valence electrons. The fourth-order valence-electron chi connectivity index (χ4n) is 4.45. The van der Waals surface area contributed by atoms with Gasteiger partial charge in [-0.15, -0.1) is 11.3 Å². The molecule has 0 saturated carbocycles. The van der Waals surface area contributed by atoms with Crippen LogP contribution in [0.15, 0.2) is 29.4 Å². The Kier molecular flexibility index (Phi) is 6.10. The fraction of sp³-hybridized carbons (Fsp3) is 0.435. The van der Waals surface area contributed by atoms with Gasteiger partial charge in [0.15, 0.2) is 5.16 Å². The Morgan fingerprint density at radius 2 is 1.88 bits per heavy atom. The number of aryl methyl sites for hydroxylation is 2. The van der Waals surface area contributed by atoms with Crippen molar-refractivity contribution in [2.24, 2.45) is 0 Å². The van der Waals surface area contributed by atoms with Crippen molar-refractivity contribution in [3.8, 4) is 5.75 Å². The normalized spacial score (nSPS) is 16.3. The minimum absolute atomic E-state index is 0.122. The lowest BCUT2D eigenvalue weighted by molar-refractivity contribution is -0.128. The first kappa shape index (κ1) is 21.3. The van der Waals surface area contributed by atoms with E-state index in [4.69, 9.17) is 15.5 Å². The summed E-state index contributed by atoms with van der Waals surface area (Å²) in [5.41, 5.74) is 8.80. The smallest absolute Gasteiger partial charge is 0.233 e. The minimum atomic E-state index is 0.122. The molecule has 1 saturated heterocycles. The van der Waals surface area contributed by atoms with E-state index in [-0.39, 0.29) is 5.91 Å². The highest BCUT2D eigenvalue weighted by molar-refractivity contribution is 7.99. The Balaban J connectivity index is 1.18. The van der Waals surface area contributed by atoms with Gasteiger partial charge in [0.2, 0.25) is 5.91 Å². The van der Waals surface area contributed by atoms with E-state index in [1.807, 2.05) is 17.0 Å². The number of nitrogens with zero attached hydrogens (tertiary/aromatic N) is 4. The lowest BCUT2D eigenvalue weighted by Crippen LogP contribution is -2.49. The Morgan fingerprint density at radius 1 is 1.12 bits per heavy atom. The monoisotopic (exact) mass is 469 g/mol. The van der Waals surface area contributed by atoms with E-state index in [1.165, 1.54) is 35.0 Å². The van der Waals surface area contributed by atoms with Gasteiger partial charge in [-0.2, -0.15) is 0 Å². The summed E-state index contributed by atoms with van der Waals surface area (Å²) in [5, 5.41) is 1.63. The number of hydrogen-bond donors (Lipinski definition) is 1. The second-order valence-corrected chi connectivity index (χ2v) is 10.2. The average Bonchev–Trinajstić information content (AvgIpc) is 3.21. The van der Waals surface area contributed by atoms with Crippen LogP contribution in [0, 0.1) is 0 Å². The fourth-order valence-corrected chi connectivity index (χ4v) is 6.54.